The molecule has 32 heavy (non-hydrogen) atoms. The average molecular weight is 463 g/mol. The molecule has 2 heterocycles. The van der Waals surface area contributed by atoms with E-state index in [1.165, 1.54) is 18.4 Å². The maximum atomic E-state index is 13.2. The van der Waals surface area contributed by atoms with Crippen LogP contribution in [0.1, 0.15) is 28.1 Å². The van der Waals surface area contributed by atoms with Crippen molar-refractivity contribution >= 4 is 21.8 Å². The van der Waals surface area contributed by atoms with Gasteiger partial charge in [0.25, 0.3) is 5.91 Å². The van der Waals surface area contributed by atoms with E-state index in [4.69, 9.17) is 4.42 Å². The number of hydrogen-bond acceptors (Lipinski definition) is 6. The Labute approximate surface area is 189 Å². The SMILES string of the molecule is Cc1ccc(S(=O)(=O)NCc2ccco2)cc1C(=O)N1CCCN(CC(=O)N(C)C)CC1. The summed E-state index contributed by atoms with van der Waals surface area (Å²) in [7, 11) is -0.358. The molecule has 0 spiro atoms. The highest BCUT2D eigenvalue weighted by atomic mass is 32.2. The Morgan fingerprint density at radius 2 is 1.91 bits per heavy atom. The molecule has 0 bridgehead atoms. The lowest BCUT2D eigenvalue weighted by Crippen LogP contribution is -2.39. The Bertz CT molecular complexity index is 1050. The Kier molecular flexibility index (Phi) is 7.70. The van der Waals surface area contributed by atoms with Gasteiger partial charge in [-0.15, -0.1) is 0 Å². The fourth-order valence-electron chi connectivity index (χ4n) is 3.50. The zero-order chi connectivity index (χ0) is 23.3. The maximum absolute atomic E-state index is 13.2. The van der Waals surface area contributed by atoms with Crippen LogP contribution in [-0.2, 0) is 21.4 Å². The number of sulfonamides is 1. The normalized spacial score (nSPS) is 15.4. The summed E-state index contributed by atoms with van der Waals surface area (Å²) in [4.78, 5) is 30.6. The standard InChI is InChI=1S/C22H30N4O5S/c1-17-7-8-19(32(29,30)23-15-18-6-4-13-31-18)14-20(17)22(28)26-10-5-9-25(11-12-26)16-21(27)24(2)3/h4,6-8,13-14,23H,5,9-12,15-16H2,1-3H3. The number of hydrogen-bond donors (Lipinski definition) is 1. The number of carbonyl (C=O) groups excluding carboxylic acids is 2. The monoisotopic (exact) mass is 462 g/mol. The predicted octanol–water partition coefficient (Wildman–Crippen LogP) is 1.30. The average Bonchev–Trinajstić information content (AvgIpc) is 3.17. The summed E-state index contributed by atoms with van der Waals surface area (Å²) in [5.41, 5.74) is 1.08. The van der Waals surface area contributed by atoms with Gasteiger partial charge in [0.15, 0.2) is 0 Å². The summed E-state index contributed by atoms with van der Waals surface area (Å²) in [6.45, 7) is 4.49. The van der Waals surface area contributed by atoms with E-state index in [2.05, 4.69) is 4.72 Å². The Morgan fingerprint density at radius 1 is 1.12 bits per heavy atom. The molecule has 9 nitrogen and oxygen atoms in total. The number of likely N-dealkylation sites (N-methyl/N-ethyl adjacent to an activating group) is 1. The molecule has 1 aliphatic rings. The summed E-state index contributed by atoms with van der Waals surface area (Å²) in [5, 5.41) is 0. The smallest absolute Gasteiger partial charge is 0.254 e. The van der Waals surface area contributed by atoms with Gasteiger partial charge in [-0.3, -0.25) is 14.5 Å². The number of rotatable bonds is 7. The largest absolute Gasteiger partial charge is 0.468 e. The number of carbonyl (C=O) groups is 2. The van der Waals surface area contributed by atoms with E-state index >= 15 is 0 Å². The molecule has 1 N–H and O–H groups in total. The topological polar surface area (TPSA) is 103 Å². The van der Waals surface area contributed by atoms with Crippen molar-refractivity contribution in [2.45, 2.75) is 24.8 Å². The number of nitrogens with zero attached hydrogens (tertiary/aromatic N) is 3. The van der Waals surface area contributed by atoms with Gasteiger partial charge in [0.2, 0.25) is 15.9 Å². The molecular formula is C22H30N4O5S. The molecule has 1 aliphatic heterocycles. The fourth-order valence-corrected chi connectivity index (χ4v) is 4.52. The lowest BCUT2D eigenvalue weighted by molar-refractivity contribution is -0.129. The van der Waals surface area contributed by atoms with Gasteiger partial charge < -0.3 is 14.2 Å². The Hall–Kier alpha value is -2.69. The summed E-state index contributed by atoms with van der Waals surface area (Å²) < 4.78 is 33.1. The predicted molar refractivity (Wildman–Crippen MR) is 120 cm³/mol. The van der Waals surface area contributed by atoms with Crippen LogP contribution in [0.2, 0.25) is 0 Å². The van der Waals surface area contributed by atoms with E-state index in [-0.39, 0.29) is 23.3 Å². The summed E-state index contributed by atoms with van der Waals surface area (Å²) >= 11 is 0. The molecule has 0 unspecified atom stereocenters. The first-order chi connectivity index (χ1) is 15.2. The lowest BCUT2D eigenvalue weighted by atomic mass is 10.1. The van der Waals surface area contributed by atoms with E-state index < -0.39 is 10.0 Å². The fraction of sp³-hybridized carbons (Fsp3) is 0.455. The molecule has 0 saturated carbocycles. The van der Waals surface area contributed by atoms with Crippen LogP contribution in [0, 0.1) is 6.92 Å². The van der Waals surface area contributed by atoms with Crippen molar-refractivity contribution in [2.75, 3.05) is 46.8 Å². The Morgan fingerprint density at radius 3 is 2.59 bits per heavy atom. The minimum Gasteiger partial charge on any atom is -0.468 e. The number of amides is 2. The van der Waals surface area contributed by atoms with Gasteiger partial charge in [0, 0.05) is 45.8 Å². The van der Waals surface area contributed by atoms with Crippen molar-refractivity contribution in [1.29, 1.82) is 0 Å². The van der Waals surface area contributed by atoms with Crippen molar-refractivity contribution < 1.29 is 22.4 Å². The van der Waals surface area contributed by atoms with Crippen molar-refractivity contribution in [3.8, 4) is 0 Å². The van der Waals surface area contributed by atoms with Crippen LogP contribution in [0.15, 0.2) is 45.9 Å². The molecular weight excluding hydrogens is 432 g/mol. The molecule has 3 rings (SSSR count). The zero-order valence-electron chi connectivity index (χ0n) is 18.7. The third-order valence-corrected chi connectivity index (χ3v) is 6.90. The summed E-state index contributed by atoms with van der Waals surface area (Å²) in [6, 6.07) is 7.94. The zero-order valence-corrected chi connectivity index (χ0v) is 19.5. The first-order valence-corrected chi connectivity index (χ1v) is 12.0. The second-order valence-electron chi connectivity index (χ2n) is 8.09. The highest BCUT2D eigenvalue weighted by Gasteiger charge is 2.24. The van der Waals surface area contributed by atoms with Crippen LogP contribution in [0.25, 0.3) is 0 Å². The number of aryl methyl sites for hydroxylation is 1. The molecule has 2 amide bonds. The van der Waals surface area contributed by atoms with Gasteiger partial charge in [-0.2, -0.15) is 0 Å². The highest BCUT2D eigenvalue weighted by Crippen LogP contribution is 2.19. The van der Waals surface area contributed by atoms with Gasteiger partial charge in [0.05, 0.1) is 24.2 Å². The van der Waals surface area contributed by atoms with E-state index in [1.807, 2.05) is 4.90 Å². The third kappa shape index (κ3) is 5.96. The van der Waals surface area contributed by atoms with Crippen LogP contribution in [-0.4, -0.2) is 81.8 Å². The van der Waals surface area contributed by atoms with Crippen LogP contribution in [0.3, 0.4) is 0 Å². The second-order valence-corrected chi connectivity index (χ2v) is 9.86. The lowest BCUT2D eigenvalue weighted by Gasteiger charge is -2.23. The number of benzene rings is 1. The van der Waals surface area contributed by atoms with Crippen molar-refractivity contribution in [1.82, 2.24) is 19.4 Å². The minimum atomic E-state index is -3.81. The molecule has 1 fully saturated rings. The van der Waals surface area contributed by atoms with E-state index in [0.29, 0.717) is 43.1 Å². The quantitative estimate of drug-likeness (QED) is 0.665. The molecule has 1 aromatic heterocycles. The molecule has 0 radical (unpaired) electrons. The Balaban J connectivity index is 1.70. The van der Waals surface area contributed by atoms with Gasteiger partial charge in [0.1, 0.15) is 5.76 Å². The molecule has 2 aromatic rings. The third-order valence-electron chi connectivity index (χ3n) is 5.50. The molecule has 10 heteroatoms. The van der Waals surface area contributed by atoms with E-state index in [0.717, 1.165) is 13.0 Å². The van der Waals surface area contributed by atoms with Crippen LogP contribution in [0.5, 0.6) is 0 Å². The maximum Gasteiger partial charge on any atom is 0.254 e. The van der Waals surface area contributed by atoms with Gasteiger partial charge in [-0.1, -0.05) is 6.07 Å². The first-order valence-electron chi connectivity index (χ1n) is 10.5. The van der Waals surface area contributed by atoms with Gasteiger partial charge >= 0.3 is 0 Å². The second kappa shape index (κ2) is 10.3. The molecule has 1 aromatic carbocycles. The van der Waals surface area contributed by atoms with Crippen molar-refractivity contribution in [2.24, 2.45) is 0 Å². The molecule has 174 valence electrons. The number of furan rings is 1. The summed E-state index contributed by atoms with van der Waals surface area (Å²) in [5.74, 6) is 0.325. The first kappa shape index (κ1) is 24.0. The van der Waals surface area contributed by atoms with Gasteiger partial charge in [-0.05, 0) is 43.2 Å². The van der Waals surface area contributed by atoms with Gasteiger partial charge in [-0.25, -0.2) is 13.1 Å². The molecule has 0 aliphatic carbocycles. The van der Waals surface area contributed by atoms with E-state index in [1.54, 1.807) is 49.0 Å². The molecule has 1 saturated heterocycles. The minimum absolute atomic E-state index is 0.0279. The van der Waals surface area contributed by atoms with Crippen LogP contribution in [0.4, 0.5) is 0 Å². The van der Waals surface area contributed by atoms with Crippen LogP contribution >= 0.6 is 0 Å². The van der Waals surface area contributed by atoms with Crippen molar-refractivity contribution in [3.05, 3.63) is 53.5 Å². The number of nitrogens with one attached hydrogen (secondary N) is 1. The van der Waals surface area contributed by atoms with Crippen LogP contribution < -0.4 is 4.72 Å². The van der Waals surface area contributed by atoms with E-state index in [9.17, 15) is 18.0 Å². The highest BCUT2D eigenvalue weighted by molar-refractivity contribution is 7.89. The summed E-state index contributed by atoms with van der Waals surface area (Å²) in [6.07, 6.45) is 2.22. The molecule has 0 atom stereocenters. The van der Waals surface area contributed by atoms with Crippen molar-refractivity contribution in [3.63, 3.8) is 0 Å².